The maximum absolute atomic E-state index is 13.2. The van der Waals surface area contributed by atoms with Crippen molar-refractivity contribution in [3.63, 3.8) is 0 Å². The summed E-state index contributed by atoms with van der Waals surface area (Å²) in [6.07, 6.45) is -1.01. The fraction of sp³-hybridized carbons (Fsp3) is 0.350. The average molecular weight is 486 g/mol. The lowest BCUT2D eigenvalue weighted by Gasteiger charge is -2.23. The molecule has 0 radical (unpaired) electrons. The first-order chi connectivity index (χ1) is 13.6. The van der Waals surface area contributed by atoms with Crippen molar-refractivity contribution in [1.29, 1.82) is 0 Å². The van der Waals surface area contributed by atoms with E-state index >= 15 is 0 Å². The molecule has 6 nitrogen and oxygen atoms in total. The van der Waals surface area contributed by atoms with Gasteiger partial charge in [0.25, 0.3) is 0 Å². The van der Waals surface area contributed by atoms with Crippen molar-refractivity contribution in [2.45, 2.75) is 43.9 Å². The third-order valence-corrected chi connectivity index (χ3v) is 7.58. The van der Waals surface area contributed by atoms with Gasteiger partial charge in [0.15, 0.2) is 0 Å². The molecule has 1 unspecified atom stereocenters. The van der Waals surface area contributed by atoms with Crippen LogP contribution in [0.1, 0.15) is 23.1 Å². The van der Waals surface area contributed by atoms with Crippen molar-refractivity contribution in [2.24, 2.45) is 0 Å². The number of carbonyl (C=O) groups is 1. The van der Waals surface area contributed by atoms with Crippen molar-refractivity contribution in [3.05, 3.63) is 63.4 Å². The van der Waals surface area contributed by atoms with Gasteiger partial charge < -0.3 is 9.84 Å². The monoisotopic (exact) mass is 485 g/mol. The van der Waals surface area contributed by atoms with Crippen LogP contribution in [0.5, 0.6) is 0 Å². The molecule has 0 aromatic heterocycles. The number of hydrogen-bond donors (Lipinski definition) is 1. The molecule has 9 heteroatoms. The molecule has 1 saturated heterocycles. The van der Waals surface area contributed by atoms with Crippen LogP contribution in [0.4, 0.5) is 4.39 Å². The highest BCUT2D eigenvalue weighted by Gasteiger charge is 2.44. The largest absolute Gasteiger partial charge is 0.460 e. The van der Waals surface area contributed by atoms with Crippen LogP contribution in [0.25, 0.3) is 0 Å². The number of aliphatic hydroxyl groups excluding tert-OH is 1. The molecule has 29 heavy (non-hydrogen) atoms. The number of halogens is 2. The van der Waals surface area contributed by atoms with Crippen LogP contribution < -0.4 is 0 Å². The molecular weight excluding hydrogens is 465 g/mol. The molecule has 1 aliphatic heterocycles. The molecule has 2 aromatic carbocycles. The van der Waals surface area contributed by atoms with E-state index < -0.39 is 34.0 Å². The average Bonchev–Trinajstić information content (AvgIpc) is 3.05. The number of ether oxygens (including phenoxy) is 1. The van der Waals surface area contributed by atoms with Crippen molar-refractivity contribution in [3.8, 4) is 0 Å². The summed E-state index contributed by atoms with van der Waals surface area (Å²) in [7, 11) is -3.99. The Morgan fingerprint density at radius 3 is 2.62 bits per heavy atom. The molecule has 0 amide bonds. The number of carbonyl (C=O) groups excluding carboxylic acids is 1. The van der Waals surface area contributed by atoms with Crippen molar-refractivity contribution >= 4 is 31.9 Å². The molecule has 0 bridgehead atoms. The number of benzene rings is 2. The molecule has 0 spiro atoms. The lowest BCUT2D eigenvalue weighted by Crippen LogP contribution is -2.41. The second kappa shape index (κ2) is 8.51. The number of esters is 1. The Morgan fingerprint density at radius 2 is 1.97 bits per heavy atom. The number of rotatable bonds is 5. The maximum atomic E-state index is 13.2. The van der Waals surface area contributed by atoms with Crippen LogP contribution in [0.2, 0.25) is 0 Å². The summed E-state index contributed by atoms with van der Waals surface area (Å²) in [6.45, 7) is 3.34. The van der Waals surface area contributed by atoms with Gasteiger partial charge in [-0.05, 0) is 49.2 Å². The highest BCUT2D eigenvalue weighted by Crippen LogP contribution is 2.29. The molecule has 3 rings (SSSR count). The summed E-state index contributed by atoms with van der Waals surface area (Å²) in [5.41, 5.74) is 2.30. The Balaban J connectivity index is 1.80. The Kier molecular flexibility index (Phi) is 6.42. The Hall–Kier alpha value is -1.81. The molecule has 1 aliphatic rings. The van der Waals surface area contributed by atoms with E-state index in [1.165, 1.54) is 24.3 Å². The fourth-order valence-corrected chi connectivity index (χ4v) is 5.34. The number of aliphatic hydroxyl groups is 1. The fourth-order valence-electron chi connectivity index (χ4n) is 3.16. The Morgan fingerprint density at radius 1 is 1.24 bits per heavy atom. The van der Waals surface area contributed by atoms with Gasteiger partial charge in [0.2, 0.25) is 10.0 Å². The summed E-state index contributed by atoms with van der Waals surface area (Å²) in [6, 6.07) is 7.57. The molecule has 1 heterocycles. The summed E-state index contributed by atoms with van der Waals surface area (Å²) in [5, 5.41) is 10.0. The van der Waals surface area contributed by atoms with Crippen LogP contribution in [-0.4, -0.2) is 42.5 Å². The Bertz CT molecular complexity index is 1040. The predicted molar refractivity (Wildman–Crippen MR) is 108 cm³/mol. The summed E-state index contributed by atoms with van der Waals surface area (Å²) < 4.78 is 46.1. The van der Waals surface area contributed by atoms with Crippen LogP contribution in [0.3, 0.4) is 0 Å². The highest BCUT2D eigenvalue weighted by molar-refractivity contribution is 9.10. The molecule has 0 aliphatic carbocycles. The number of nitrogens with zero attached hydrogens (tertiary/aromatic N) is 1. The zero-order valence-electron chi connectivity index (χ0n) is 15.9. The van der Waals surface area contributed by atoms with Gasteiger partial charge in [-0.2, -0.15) is 4.31 Å². The first-order valence-corrected chi connectivity index (χ1v) is 11.2. The minimum absolute atomic E-state index is 0.0481. The van der Waals surface area contributed by atoms with Gasteiger partial charge in [0, 0.05) is 23.0 Å². The first-order valence-electron chi connectivity index (χ1n) is 8.97. The summed E-state index contributed by atoms with van der Waals surface area (Å²) >= 11 is 3.20. The van der Waals surface area contributed by atoms with E-state index in [1.807, 2.05) is 6.92 Å². The third kappa shape index (κ3) is 4.69. The van der Waals surface area contributed by atoms with E-state index in [9.17, 15) is 22.7 Å². The smallest absolute Gasteiger partial charge is 0.324 e. The van der Waals surface area contributed by atoms with E-state index in [4.69, 9.17) is 4.74 Å². The zero-order chi connectivity index (χ0) is 21.3. The standard InChI is InChI=1S/C20H21BrFNO5S/c1-12-3-6-17(7-13(12)2)29(26,27)23-10-16(24)9-19(23)20(25)28-11-14-4-5-15(22)8-18(14)21/h3-8,16,19,24H,9-11H2,1-2H3/t16?,19-/m0/s1. The van der Waals surface area contributed by atoms with Gasteiger partial charge in [-0.15, -0.1) is 0 Å². The van der Waals surface area contributed by atoms with Crippen molar-refractivity contribution in [2.75, 3.05) is 6.54 Å². The number of aryl methyl sites for hydroxylation is 2. The highest BCUT2D eigenvalue weighted by atomic mass is 79.9. The molecule has 156 valence electrons. The Labute approximate surface area is 177 Å². The van der Waals surface area contributed by atoms with Gasteiger partial charge in [-0.25, -0.2) is 12.8 Å². The van der Waals surface area contributed by atoms with Gasteiger partial charge >= 0.3 is 5.97 Å². The van der Waals surface area contributed by atoms with Crippen LogP contribution in [0.15, 0.2) is 45.8 Å². The number of hydrogen-bond acceptors (Lipinski definition) is 5. The van der Waals surface area contributed by atoms with Crippen LogP contribution in [-0.2, 0) is 26.2 Å². The molecule has 0 saturated carbocycles. The molecular formula is C20H21BrFNO5S. The lowest BCUT2D eigenvalue weighted by molar-refractivity contribution is -0.148. The SMILES string of the molecule is Cc1ccc(S(=O)(=O)N2CC(O)C[C@H]2C(=O)OCc2ccc(F)cc2Br)cc1C. The minimum atomic E-state index is -3.99. The predicted octanol–water partition coefficient (Wildman–Crippen LogP) is 3.07. The van der Waals surface area contributed by atoms with E-state index in [0.717, 1.165) is 15.4 Å². The van der Waals surface area contributed by atoms with E-state index in [0.29, 0.717) is 10.0 Å². The number of sulfonamides is 1. The normalized spacial score (nSPS) is 20.0. The quantitative estimate of drug-likeness (QED) is 0.657. The van der Waals surface area contributed by atoms with E-state index in [2.05, 4.69) is 15.9 Å². The molecule has 1 fully saturated rings. The van der Waals surface area contributed by atoms with Crippen LogP contribution >= 0.6 is 15.9 Å². The molecule has 2 atom stereocenters. The first kappa shape index (κ1) is 21.9. The summed E-state index contributed by atoms with van der Waals surface area (Å²) in [4.78, 5) is 12.7. The van der Waals surface area contributed by atoms with E-state index in [-0.39, 0.29) is 24.5 Å². The second-order valence-electron chi connectivity index (χ2n) is 7.07. The third-order valence-electron chi connectivity index (χ3n) is 4.98. The van der Waals surface area contributed by atoms with Gasteiger partial charge in [0.05, 0.1) is 11.0 Å². The molecule has 1 N–H and O–H groups in total. The summed E-state index contributed by atoms with van der Waals surface area (Å²) in [5.74, 6) is -1.19. The maximum Gasteiger partial charge on any atom is 0.324 e. The van der Waals surface area contributed by atoms with E-state index in [1.54, 1.807) is 19.1 Å². The number of β-amino-alcohol motifs (C(OH)–C–C–N with tert-alkyl or cyclic N) is 1. The van der Waals surface area contributed by atoms with Crippen LogP contribution in [0, 0.1) is 19.7 Å². The van der Waals surface area contributed by atoms with Gasteiger partial charge in [-0.1, -0.05) is 28.1 Å². The topological polar surface area (TPSA) is 83.9 Å². The van der Waals surface area contributed by atoms with Gasteiger partial charge in [-0.3, -0.25) is 4.79 Å². The lowest BCUT2D eigenvalue weighted by atomic mass is 10.1. The van der Waals surface area contributed by atoms with Crippen molar-refractivity contribution in [1.82, 2.24) is 4.31 Å². The minimum Gasteiger partial charge on any atom is -0.460 e. The zero-order valence-corrected chi connectivity index (χ0v) is 18.3. The van der Waals surface area contributed by atoms with Crippen molar-refractivity contribution < 1.29 is 27.4 Å². The second-order valence-corrected chi connectivity index (χ2v) is 9.81. The van der Waals surface area contributed by atoms with Gasteiger partial charge in [0.1, 0.15) is 18.5 Å². The molecule has 2 aromatic rings.